The first kappa shape index (κ1) is 21.1. The number of amides is 1. The van der Waals surface area contributed by atoms with Crippen LogP contribution in [0.3, 0.4) is 0 Å². The molecule has 1 aliphatic carbocycles. The van der Waals surface area contributed by atoms with Crippen LogP contribution in [-0.4, -0.2) is 37.0 Å². The minimum Gasteiger partial charge on any atom is -0.356 e. The molecule has 3 N–H and O–H groups in total. The average Bonchev–Trinajstić information content (AvgIpc) is 3.44. The lowest BCUT2D eigenvalue weighted by molar-refractivity contribution is -0.115. The molecule has 1 aromatic carbocycles. The predicted molar refractivity (Wildman–Crippen MR) is 115 cm³/mol. The molecule has 0 atom stereocenters. The van der Waals surface area contributed by atoms with E-state index >= 15 is 0 Å². The highest BCUT2D eigenvalue weighted by Crippen LogP contribution is 2.47. The van der Waals surface area contributed by atoms with Crippen LogP contribution < -0.4 is 16.0 Å². The molecule has 0 spiro atoms. The summed E-state index contributed by atoms with van der Waals surface area (Å²) in [4.78, 5) is 20.1. The van der Waals surface area contributed by atoms with Gasteiger partial charge in [-0.15, -0.1) is 24.0 Å². The number of halogens is 2. The van der Waals surface area contributed by atoms with E-state index in [1.807, 2.05) is 6.07 Å². The van der Waals surface area contributed by atoms with Gasteiger partial charge in [-0.2, -0.15) is 0 Å². The Morgan fingerprint density at radius 3 is 2.70 bits per heavy atom. The summed E-state index contributed by atoms with van der Waals surface area (Å²) in [5, 5.41) is 8.97. The van der Waals surface area contributed by atoms with Crippen LogP contribution in [0.5, 0.6) is 0 Å². The summed E-state index contributed by atoms with van der Waals surface area (Å²) in [5.74, 6) is 0.129. The number of aliphatic imine (C=N–C) groups is 1. The van der Waals surface area contributed by atoms with Crippen molar-refractivity contribution in [3.63, 3.8) is 0 Å². The van der Waals surface area contributed by atoms with Crippen molar-refractivity contribution in [1.29, 1.82) is 0 Å². The van der Waals surface area contributed by atoms with E-state index in [1.165, 1.54) is 6.07 Å². The third-order valence-corrected chi connectivity index (χ3v) is 4.47. The van der Waals surface area contributed by atoms with Gasteiger partial charge in [-0.1, -0.05) is 12.1 Å². The summed E-state index contributed by atoms with van der Waals surface area (Å²) < 4.78 is 13.5. The first-order valence-corrected chi connectivity index (χ1v) is 8.52. The number of benzene rings is 1. The summed E-state index contributed by atoms with van der Waals surface area (Å²) >= 11 is 0. The molecule has 2 aromatic rings. The number of nitrogens with zero attached hydrogens (tertiary/aromatic N) is 2. The number of rotatable bonds is 6. The highest BCUT2D eigenvalue weighted by molar-refractivity contribution is 14.0. The molecule has 0 bridgehead atoms. The quantitative estimate of drug-likeness (QED) is 0.336. The number of carbonyl (C=O) groups is 1. The number of hydrogen-bond donors (Lipinski definition) is 3. The molecule has 1 aromatic heterocycles. The van der Waals surface area contributed by atoms with Crippen LogP contribution in [0.4, 0.5) is 10.1 Å². The van der Waals surface area contributed by atoms with E-state index in [0.717, 1.165) is 18.4 Å². The molecular weight excluding hydrogens is 460 g/mol. The van der Waals surface area contributed by atoms with Gasteiger partial charge in [-0.25, -0.2) is 4.39 Å². The topological polar surface area (TPSA) is 78.4 Å². The maximum atomic E-state index is 13.5. The van der Waals surface area contributed by atoms with E-state index in [4.69, 9.17) is 0 Å². The van der Waals surface area contributed by atoms with Gasteiger partial charge in [-0.05, 0) is 42.7 Å². The third kappa shape index (κ3) is 5.88. The highest BCUT2D eigenvalue weighted by atomic mass is 127. The lowest BCUT2D eigenvalue weighted by Gasteiger charge is -2.19. The second-order valence-corrected chi connectivity index (χ2v) is 6.36. The fourth-order valence-corrected chi connectivity index (χ4v) is 2.82. The number of hydrogen-bond acceptors (Lipinski definition) is 3. The molecule has 0 radical (unpaired) electrons. The zero-order valence-corrected chi connectivity index (χ0v) is 17.4. The van der Waals surface area contributed by atoms with Crippen molar-refractivity contribution >= 4 is 41.5 Å². The normalized spacial score (nSPS) is 14.7. The van der Waals surface area contributed by atoms with Crippen molar-refractivity contribution in [3.05, 3.63) is 60.2 Å². The molecule has 144 valence electrons. The SMILES string of the molecule is CN=C(NCC(=O)Nc1cccnc1)NCC1(c2cccc(F)c2)CC1.I. The molecule has 1 aliphatic rings. The fourth-order valence-electron chi connectivity index (χ4n) is 2.82. The Morgan fingerprint density at radius 1 is 1.26 bits per heavy atom. The van der Waals surface area contributed by atoms with Crippen molar-refractivity contribution in [3.8, 4) is 0 Å². The molecule has 0 saturated heterocycles. The largest absolute Gasteiger partial charge is 0.356 e. The van der Waals surface area contributed by atoms with Gasteiger partial charge in [-0.3, -0.25) is 14.8 Å². The lowest BCUT2D eigenvalue weighted by atomic mass is 9.96. The number of nitrogens with one attached hydrogen (secondary N) is 3. The minimum atomic E-state index is -0.219. The molecule has 3 rings (SSSR count). The molecular formula is C19H23FIN5O. The first-order chi connectivity index (χ1) is 12.6. The van der Waals surface area contributed by atoms with Crippen molar-refractivity contribution < 1.29 is 9.18 Å². The molecule has 1 heterocycles. The number of anilines is 1. The van der Waals surface area contributed by atoms with Crippen molar-refractivity contribution in [2.75, 3.05) is 25.5 Å². The number of carbonyl (C=O) groups excluding carboxylic acids is 1. The first-order valence-electron chi connectivity index (χ1n) is 8.52. The number of guanidine groups is 1. The highest BCUT2D eigenvalue weighted by Gasteiger charge is 2.44. The Kier molecular flexibility index (Phi) is 7.52. The van der Waals surface area contributed by atoms with Crippen LogP contribution in [0, 0.1) is 5.82 Å². The second kappa shape index (κ2) is 9.63. The summed E-state index contributed by atoms with van der Waals surface area (Å²) in [6.07, 6.45) is 5.23. The van der Waals surface area contributed by atoms with Crippen LogP contribution in [0.15, 0.2) is 53.8 Å². The summed E-state index contributed by atoms with van der Waals surface area (Å²) in [6, 6.07) is 10.3. The summed E-state index contributed by atoms with van der Waals surface area (Å²) in [7, 11) is 1.65. The van der Waals surface area contributed by atoms with E-state index in [-0.39, 0.29) is 47.7 Å². The minimum absolute atomic E-state index is 0. The molecule has 27 heavy (non-hydrogen) atoms. The number of aromatic nitrogens is 1. The Morgan fingerprint density at radius 2 is 2.07 bits per heavy atom. The molecule has 6 nitrogen and oxygen atoms in total. The van der Waals surface area contributed by atoms with E-state index in [1.54, 1.807) is 43.7 Å². The van der Waals surface area contributed by atoms with Crippen LogP contribution >= 0.6 is 24.0 Å². The molecule has 1 amide bonds. The van der Waals surface area contributed by atoms with Gasteiger partial charge >= 0.3 is 0 Å². The van der Waals surface area contributed by atoms with Crippen molar-refractivity contribution in [1.82, 2.24) is 15.6 Å². The van der Waals surface area contributed by atoms with Gasteiger partial charge in [0.15, 0.2) is 5.96 Å². The molecule has 0 unspecified atom stereocenters. The standard InChI is InChI=1S/C19H22FN5O.HI/c1-21-18(23-12-17(26)25-16-6-3-9-22-11-16)24-13-19(7-8-19)14-4-2-5-15(20)10-14;/h2-6,9-11H,7-8,12-13H2,1H3,(H,25,26)(H2,21,23,24);1H. The van der Waals surface area contributed by atoms with Crippen molar-refractivity contribution in [2.24, 2.45) is 4.99 Å². The van der Waals surface area contributed by atoms with E-state index in [0.29, 0.717) is 18.2 Å². The maximum absolute atomic E-state index is 13.5. The maximum Gasteiger partial charge on any atom is 0.243 e. The van der Waals surface area contributed by atoms with Gasteiger partial charge in [0.2, 0.25) is 5.91 Å². The lowest BCUT2D eigenvalue weighted by Crippen LogP contribution is -2.44. The smallest absolute Gasteiger partial charge is 0.243 e. The van der Waals surface area contributed by atoms with Gasteiger partial charge in [0.1, 0.15) is 5.82 Å². The Balaban J connectivity index is 0.00000261. The van der Waals surface area contributed by atoms with Gasteiger partial charge < -0.3 is 16.0 Å². The average molecular weight is 483 g/mol. The van der Waals surface area contributed by atoms with E-state index in [9.17, 15) is 9.18 Å². The van der Waals surface area contributed by atoms with Crippen LogP contribution in [0.1, 0.15) is 18.4 Å². The fraction of sp³-hybridized carbons (Fsp3) is 0.316. The number of pyridine rings is 1. The van der Waals surface area contributed by atoms with E-state index in [2.05, 4.69) is 25.9 Å². The Bertz CT molecular complexity index is 796. The monoisotopic (exact) mass is 483 g/mol. The molecule has 1 saturated carbocycles. The zero-order valence-electron chi connectivity index (χ0n) is 15.0. The second-order valence-electron chi connectivity index (χ2n) is 6.36. The molecule has 0 aliphatic heterocycles. The Hall–Kier alpha value is -2.23. The summed E-state index contributed by atoms with van der Waals surface area (Å²) in [6.45, 7) is 0.724. The van der Waals surface area contributed by atoms with Crippen molar-refractivity contribution in [2.45, 2.75) is 18.3 Å². The zero-order chi connectivity index (χ0) is 18.4. The predicted octanol–water partition coefficient (Wildman–Crippen LogP) is 2.67. The summed E-state index contributed by atoms with van der Waals surface area (Å²) in [5.41, 5.74) is 1.58. The Labute approximate surface area is 175 Å². The van der Waals surface area contributed by atoms with Crippen LogP contribution in [0.25, 0.3) is 0 Å². The van der Waals surface area contributed by atoms with E-state index < -0.39 is 0 Å². The molecule has 1 fully saturated rings. The van der Waals surface area contributed by atoms with Crippen LogP contribution in [0.2, 0.25) is 0 Å². The van der Waals surface area contributed by atoms with Crippen LogP contribution in [-0.2, 0) is 10.2 Å². The van der Waals surface area contributed by atoms with Gasteiger partial charge in [0.25, 0.3) is 0 Å². The molecule has 8 heteroatoms. The van der Waals surface area contributed by atoms with Gasteiger partial charge in [0, 0.05) is 25.2 Å². The van der Waals surface area contributed by atoms with Gasteiger partial charge in [0.05, 0.1) is 18.4 Å². The third-order valence-electron chi connectivity index (χ3n) is 4.47.